The highest BCUT2D eigenvalue weighted by atomic mass is 16.6. The van der Waals surface area contributed by atoms with Gasteiger partial charge in [0.05, 0.1) is 16.6 Å². The first kappa shape index (κ1) is 36.1. The van der Waals surface area contributed by atoms with Crippen LogP contribution in [0.2, 0.25) is 0 Å². The van der Waals surface area contributed by atoms with E-state index in [1.54, 1.807) is 36.4 Å². The molecule has 0 spiro atoms. The van der Waals surface area contributed by atoms with Crippen molar-refractivity contribution in [3.63, 3.8) is 0 Å². The van der Waals surface area contributed by atoms with Crippen molar-refractivity contribution in [3.8, 4) is 22.6 Å². The molecule has 238 valence electrons. The predicted molar refractivity (Wildman–Crippen MR) is 179 cm³/mol. The highest BCUT2D eigenvalue weighted by molar-refractivity contribution is 5.87. The molecule has 0 aliphatic heterocycles. The second-order valence-electron chi connectivity index (χ2n) is 10.9. The number of hydrogen-bond acceptors (Lipinski definition) is 5. The fraction of sp³-hybridized carbons (Fsp3) is 0.432. The summed E-state index contributed by atoms with van der Waals surface area (Å²) in [6.45, 7) is 6.90. The highest BCUT2D eigenvalue weighted by Gasteiger charge is 2.18. The second-order valence-corrected chi connectivity index (χ2v) is 10.9. The minimum Gasteiger partial charge on any atom is -0.490 e. The summed E-state index contributed by atoms with van der Waals surface area (Å²) in [5, 5.41) is 20.2. The zero-order valence-corrected chi connectivity index (χ0v) is 26.6. The summed E-state index contributed by atoms with van der Waals surface area (Å²) in [6.07, 6.45) is 17.3. The zero-order valence-electron chi connectivity index (χ0n) is 26.6. The smallest absolute Gasteiger partial charge is 0.335 e. The van der Waals surface area contributed by atoms with Crippen LogP contribution < -0.4 is 9.47 Å². The molecule has 3 aromatic rings. The third kappa shape index (κ3) is 14.4. The van der Waals surface area contributed by atoms with E-state index >= 15 is 0 Å². The monoisotopic (exact) mass is 603 g/mol. The molecule has 1 atom stereocenters. The van der Waals surface area contributed by atoms with Gasteiger partial charge in [-0.1, -0.05) is 107 Å². The Kier molecular flexibility index (Phi) is 17.7. The molecule has 44 heavy (non-hydrogen) atoms. The minimum absolute atomic E-state index is 0.0248. The van der Waals surface area contributed by atoms with E-state index in [4.69, 9.17) is 14.6 Å². The van der Waals surface area contributed by atoms with Gasteiger partial charge in [-0.25, -0.2) is 4.79 Å². The predicted octanol–water partition coefficient (Wildman–Crippen LogP) is 10.7. The molecule has 0 amide bonds. The molecule has 0 heterocycles. The van der Waals surface area contributed by atoms with Crippen LogP contribution in [0, 0.1) is 10.1 Å². The van der Waals surface area contributed by atoms with Crippen molar-refractivity contribution in [3.05, 3.63) is 101 Å². The van der Waals surface area contributed by atoms with Gasteiger partial charge in [0, 0.05) is 6.07 Å². The SMILES string of the molecule is CCCCCCC/C=C/COc1ccc(C(=O)O)cc1.CCCCCC[C@H](C)Oc1ccc(-c2ccccc2)cc1[N+](=O)[O-]. The molecule has 0 saturated carbocycles. The van der Waals surface area contributed by atoms with Gasteiger partial charge in [-0.15, -0.1) is 0 Å². The number of carbonyl (C=O) groups is 1. The molecule has 0 aliphatic rings. The first-order valence-electron chi connectivity index (χ1n) is 16.0. The van der Waals surface area contributed by atoms with E-state index in [0.717, 1.165) is 30.4 Å². The summed E-state index contributed by atoms with van der Waals surface area (Å²) in [4.78, 5) is 21.7. The molecule has 3 rings (SSSR count). The van der Waals surface area contributed by atoms with E-state index in [1.807, 2.05) is 49.4 Å². The Hall–Kier alpha value is -4.13. The molecule has 0 saturated heterocycles. The van der Waals surface area contributed by atoms with Crippen molar-refractivity contribution >= 4 is 11.7 Å². The number of carboxylic acids is 1. The van der Waals surface area contributed by atoms with Gasteiger partial charge in [-0.05, 0) is 74.1 Å². The van der Waals surface area contributed by atoms with E-state index in [2.05, 4.69) is 19.9 Å². The molecule has 0 aromatic heterocycles. The van der Waals surface area contributed by atoms with Crippen LogP contribution in [0.3, 0.4) is 0 Å². The minimum atomic E-state index is -0.917. The lowest BCUT2D eigenvalue weighted by atomic mass is 10.0. The van der Waals surface area contributed by atoms with Crippen LogP contribution in [-0.4, -0.2) is 28.7 Å². The van der Waals surface area contributed by atoms with E-state index < -0.39 is 5.97 Å². The molecule has 0 aliphatic carbocycles. The Morgan fingerprint density at radius 1 is 0.841 bits per heavy atom. The van der Waals surface area contributed by atoms with Crippen LogP contribution in [-0.2, 0) is 0 Å². The van der Waals surface area contributed by atoms with E-state index in [0.29, 0.717) is 18.1 Å². The Balaban J connectivity index is 0.000000312. The van der Waals surface area contributed by atoms with Crippen molar-refractivity contribution in [1.29, 1.82) is 0 Å². The summed E-state index contributed by atoms with van der Waals surface area (Å²) >= 11 is 0. The maximum atomic E-state index is 11.4. The lowest BCUT2D eigenvalue weighted by Crippen LogP contribution is -2.12. The highest BCUT2D eigenvalue weighted by Crippen LogP contribution is 2.33. The van der Waals surface area contributed by atoms with E-state index in [1.165, 1.54) is 51.4 Å². The van der Waals surface area contributed by atoms with Gasteiger partial charge in [-0.2, -0.15) is 0 Å². The Morgan fingerprint density at radius 3 is 2.14 bits per heavy atom. The molecule has 0 fully saturated rings. The van der Waals surface area contributed by atoms with Crippen LogP contribution in [0.4, 0.5) is 5.69 Å². The van der Waals surface area contributed by atoms with Gasteiger partial charge in [0.2, 0.25) is 0 Å². The number of nitro benzene ring substituents is 1. The topological polar surface area (TPSA) is 98.9 Å². The number of aromatic carboxylic acids is 1. The van der Waals surface area contributed by atoms with Crippen LogP contribution in [0.15, 0.2) is 84.9 Å². The molecular formula is C37H49NO6. The van der Waals surface area contributed by atoms with Crippen molar-refractivity contribution in [1.82, 2.24) is 0 Å². The van der Waals surface area contributed by atoms with Gasteiger partial charge in [-0.3, -0.25) is 10.1 Å². The standard InChI is InChI=1S/C20H25NO3.C17H24O3/c1-3-4-5-7-10-16(2)24-20-14-13-18(15-19(20)21(22)23)17-11-8-6-9-12-17;1-2-3-4-5-6-7-8-9-14-20-16-12-10-15(11-13-16)17(18)19/h6,8-9,11-16H,3-5,7,10H2,1-2H3;8-13H,2-7,14H2,1H3,(H,18,19)/b;9-8+/t16-;/m0./s1. The van der Waals surface area contributed by atoms with Crippen molar-refractivity contribution in [2.75, 3.05) is 6.61 Å². The quantitative estimate of drug-likeness (QED) is 0.0633. The Morgan fingerprint density at radius 2 is 1.50 bits per heavy atom. The molecule has 0 radical (unpaired) electrons. The lowest BCUT2D eigenvalue weighted by Gasteiger charge is -2.15. The molecular weight excluding hydrogens is 554 g/mol. The number of benzene rings is 3. The number of unbranched alkanes of at least 4 members (excludes halogenated alkanes) is 8. The average molecular weight is 604 g/mol. The first-order valence-corrected chi connectivity index (χ1v) is 16.0. The fourth-order valence-corrected chi connectivity index (χ4v) is 4.59. The van der Waals surface area contributed by atoms with Gasteiger partial charge >= 0.3 is 11.7 Å². The number of nitrogens with zero attached hydrogens (tertiary/aromatic N) is 1. The third-order valence-electron chi connectivity index (χ3n) is 7.14. The first-order chi connectivity index (χ1) is 21.3. The van der Waals surface area contributed by atoms with Crippen molar-refractivity contribution < 1.29 is 24.3 Å². The summed E-state index contributed by atoms with van der Waals surface area (Å²) in [7, 11) is 0. The molecule has 1 N–H and O–H groups in total. The molecule has 7 nitrogen and oxygen atoms in total. The third-order valence-corrected chi connectivity index (χ3v) is 7.14. The summed E-state index contributed by atoms with van der Waals surface area (Å²) in [5.74, 6) is 0.129. The maximum Gasteiger partial charge on any atom is 0.335 e. The normalized spacial score (nSPS) is 11.4. The van der Waals surface area contributed by atoms with Crippen molar-refractivity contribution in [2.24, 2.45) is 0 Å². The number of allylic oxidation sites excluding steroid dienone is 1. The summed E-state index contributed by atoms with van der Waals surface area (Å²) in [6, 6.07) is 21.3. The Labute approximate surface area is 263 Å². The zero-order chi connectivity index (χ0) is 32.0. The van der Waals surface area contributed by atoms with Gasteiger partial charge < -0.3 is 14.6 Å². The number of ether oxygens (including phenoxy) is 2. The largest absolute Gasteiger partial charge is 0.490 e. The Bertz CT molecular complexity index is 1260. The number of rotatable bonds is 19. The van der Waals surface area contributed by atoms with Crippen molar-refractivity contribution in [2.45, 2.75) is 97.5 Å². The average Bonchev–Trinajstić information content (AvgIpc) is 3.03. The lowest BCUT2D eigenvalue weighted by molar-refractivity contribution is -0.386. The van der Waals surface area contributed by atoms with Crippen LogP contribution in [0.25, 0.3) is 11.1 Å². The molecule has 3 aromatic carbocycles. The van der Waals surface area contributed by atoms with Gasteiger partial charge in [0.25, 0.3) is 0 Å². The van der Waals surface area contributed by atoms with Gasteiger partial charge in [0.15, 0.2) is 5.75 Å². The fourth-order valence-electron chi connectivity index (χ4n) is 4.59. The van der Waals surface area contributed by atoms with Crippen LogP contribution >= 0.6 is 0 Å². The molecule has 7 heteroatoms. The summed E-state index contributed by atoms with van der Waals surface area (Å²) < 4.78 is 11.3. The molecule has 0 unspecified atom stereocenters. The maximum absolute atomic E-state index is 11.4. The van der Waals surface area contributed by atoms with E-state index in [-0.39, 0.29) is 22.3 Å². The van der Waals surface area contributed by atoms with Gasteiger partial charge in [0.1, 0.15) is 12.4 Å². The van der Waals surface area contributed by atoms with Crippen LogP contribution in [0.5, 0.6) is 11.5 Å². The molecule has 0 bridgehead atoms. The van der Waals surface area contributed by atoms with E-state index in [9.17, 15) is 14.9 Å². The second kappa shape index (κ2) is 21.5. The number of hydrogen-bond donors (Lipinski definition) is 1. The summed E-state index contributed by atoms with van der Waals surface area (Å²) in [5.41, 5.74) is 2.08. The van der Waals surface area contributed by atoms with Crippen LogP contribution in [0.1, 0.15) is 102 Å². The number of carboxylic acid groups (broad SMARTS) is 1. The number of nitro groups is 1.